The fourth-order valence-corrected chi connectivity index (χ4v) is 5.12. The SMILES string of the molecule is CCOC(=O)c1c(NC(=O)CN2CCC(O)CC2)sc2c1CCC(C)C2. The maximum atomic E-state index is 12.5. The van der Waals surface area contributed by atoms with Gasteiger partial charge in [-0.2, -0.15) is 0 Å². The Labute approximate surface area is 158 Å². The minimum absolute atomic E-state index is 0.112. The van der Waals surface area contributed by atoms with Gasteiger partial charge in [-0.1, -0.05) is 6.92 Å². The summed E-state index contributed by atoms with van der Waals surface area (Å²) in [6, 6.07) is 0. The van der Waals surface area contributed by atoms with Gasteiger partial charge in [0.05, 0.1) is 24.8 Å². The number of carbonyl (C=O) groups excluding carboxylic acids is 2. The Morgan fingerprint density at radius 1 is 1.31 bits per heavy atom. The first-order chi connectivity index (χ1) is 12.5. The molecule has 2 N–H and O–H groups in total. The van der Waals surface area contributed by atoms with E-state index in [2.05, 4.69) is 12.2 Å². The number of carbonyl (C=O) groups is 2. The van der Waals surface area contributed by atoms with Crippen LogP contribution >= 0.6 is 11.3 Å². The van der Waals surface area contributed by atoms with Gasteiger partial charge in [0.1, 0.15) is 5.00 Å². The van der Waals surface area contributed by atoms with Crippen LogP contribution < -0.4 is 5.32 Å². The van der Waals surface area contributed by atoms with Gasteiger partial charge in [0, 0.05) is 18.0 Å². The Kier molecular flexibility index (Phi) is 6.32. The van der Waals surface area contributed by atoms with Crippen molar-refractivity contribution in [1.82, 2.24) is 4.90 Å². The number of aliphatic hydroxyl groups is 1. The van der Waals surface area contributed by atoms with Crippen LogP contribution in [0.2, 0.25) is 0 Å². The highest BCUT2D eigenvalue weighted by molar-refractivity contribution is 7.17. The molecule has 1 unspecified atom stereocenters. The highest BCUT2D eigenvalue weighted by Crippen LogP contribution is 2.40. The number of likely N-dealkylation sites (tertiary alicyclic amines) is 1. The molecule has 0 radical (unpaired) electrons. The quantitative estimate of drug-likeness (QED) is 0.767. The zero-order valence-corrected chi connectivity index (χ0v) is 16.4. The van der Waals surface area contributed by atoms with Gasteiger partial charge in [0.25, 0.3) is 0 Å². The van der Waals surface area contributed by atoms with Gasteiger partial charge in [-0.3, -0.25) is 9.69 Å². The van der Waals surface area contributed by atoms with Crippen molar-refractivity contribution in [2.75, 3.05) is 31.6 Å². The summed E-state index contributed by atoms with van der Waals surface area (Å²) < 4.78 is 5.24. The molecule has 26 heavy (non-hydrogen) atoms. The first-order valence-corrected chi connectivity index (χ1v) is 10.3. The molecule has 1 aliphatic carbocycles. The Bertz CT molecular complexity index is 665. The van der Waals surface area contributed by atoms with Crippen molar-refractivity contribution in [2.45, 2.75) is 52.1 Å². The number of hydrogen-bond donors (Lipinski definition) is 2. The molecule has 0 aromatic carbocycles. The molecule has 0 bridgehead atoms. The molecule has 2 heterocycles. The molecule has 1 aromatic rings. The van der Waals surface area contributed by atoms with Crippen molar-refractivity contribution in [2.24, 2.45) is 5.92 Å². The summed E-state index contributed by atoms with van der Waals surface area (Å²) in [5.74, 6) is 0.147. The largest absolute Gasteiger partial charge is 0.462 e. The van der Waals surface area contributed by atoms with Crippen LogP contribution in [0.4, 0.5) is 5.00 Å². The maximum absolute atomic E-state index is 12.5. The van der Waals surface area contributed by atoms with E-state index < -0.39 is 0 Å². The van der Waals surface area contributed by atoms with Crippen molar-refractivity contribution in [3.63, 3.8) is 0 Å². The number of esters is 1. The van der Waals surface area contributed by atoms with E-state index in [1.54, 1.807) is 6.92 Å². The summed E-state index contributed by atoms with van der Waals surface area (Å²) >= 11 is 1.52. The molecule has 0 saturated carbocycles. The monoisotopic (exact) mass is 380 g/mol. The normalized spacial score (nSPS) is 21.3. The number of rotatable bonds is 5. The highest BCUT2D eigenvalue weighted by atomic mass is 32.1. The topological polar surface area (TPSA) is 78.9 Å². The molecule has 0 spiro atoms. The highest BCUT2D eigenvalue weighted by Gasteiger charge is 2.29. The number of ether oxygens (including phenoxy) is 1. The summed E-state index contributed by atoms with van der Waals surface area (Å²) in [6.45, 7) is 6.06. The summed E-state index contributed by atoms with van der Waals surface area (Å²) in [4.78, 5) is 28.2. The molecule has 6 nitrogen and oxygen atoms in total. The summed E-state index contributed by atoms with van der Waals surface area (Å²) in [5, 5.41) is 13.2. The second-order valence-corrected chi connectivity index (χ2v) is 8.44. The van der Waals surface area contributed by atoms with Crippen LogP contribution in [-0.2, 0) is 22.4 Å². The molecule has 2 aliphatic rings. The second kappa shape index (κ2) is 8.50. The minimum atomic E-state index is -0.337. The van der Waals surface area contributed by atoms with E-state index in [1.165, 1.54) is 16.2 Å². The number of nitrogens with zero attached hydrogens (tertiary/aromatic N) is 1. The first kappa shape index (κ1) is 19.3. The lowest BCUT2D eigenvalue weighted by Gasteiger charge is -2.28. The van der Waals surface area contributed by atoms with Crippen LogP contribution in [0.5, 0.6) is 0 Å². The van der Waals surface area contributed by atoms with Gasteiger partial charge < -0.3 is 15.2 Å². The third-order valence-electron chi connectivity index (χ3n) is 5.17. The van der Waals surface area contributed by atoms with E-state index in [0.717, 1.165) is 37.9 Å². The Hall–Kier alpha value is -1.44. The standard InChI is InChI=1S/C19H28N2O4S/c1-3-25-19(24)17-14-5-4-12(2)10-15(14)26-18(17)20-16(23)11-21-8-6-13(22)7-9-21/h12-13,22H,3-11H2,1-2H3,(H,20,23). The van der Waals surface area contributed by atoms with Gasteiger partial charge in [-0.25, -0.2) is 4.79 Å². The van der Waals surface area contributed by atoms with Gasteiger partial charge >= 0.3 is 5.97 Å². The number of thiophene rings is 1. The van der Waals surface area contributed by atoms with Crippen LogP contribution in [0, 0.1) is 5.92 Å². The molecule has 144 valence electrons. The Balaban J connectivity index is 1.73. The first-order valence-electron chi connectivity index (χ1n) is 9.49. The number of aliphatic hydroxyl groups excluding tert-OH is 1. The minimum Gasteiger partial charge on any atom is -0.462 e. The van der Waals surface area contributed by atoms with Gasteiger partial charge in [-0.05, 0) is 50.5 Å². The van der Waals surface area contributed by atoms with Crippen LogP contribution in [0.3, 0.4) is 0 Å². The zero-order valence-electron chi connectivity index (χ0n) is 15.5. The summed E-state index contributed by atoms with van der Waals surface area (Å²) in [6.07, 6.45) is 4.02. The molecule has 1 aromatic heterocycles. The van der Waals surface area contributed by atoms with Crippen molar-refractivity contribution in [1.29, 1.82) is 0 Å². The molecular formula is C19H28N2O4S. The zero-order chi connectivity index (χ0) is 18.7. The van der Waals surface area contributed by atoms with Crippen molar-refractivity contribution >= 4 is 28.2 Å². The predicted molar refractivity (Wildman–Crippen MR) is 102 cm³/mol. The number of hydrogen-bond acceptors (Lipinski definition) is 6. The van der Waals surface area contributed by atoms with Gasteiger partial charge in [0.2, 0.25) is 5.91 Å². The molecule has 1 fully saturated rings. The smallest absolute Gasteiger partial charge is 0.341 e. The number of anilines is 1. The van der Waals surface area contributed by atoms with Crippen LogP contribution in [0.1, 0.15) is 53.9 Å². The van der Waals surface area contributed by atoms with Crippen molar-refractivity contribution in [3.8, 4) is 0 Å². The van der Waals surface area contributed by atoms with Crippen molar-refractivity contribution < 1.29 is 19.4 Å². The lowest BCUT2D eigenvalue weighted by Crippen LogP contribution is -2.40. The maximum Gasteiger partial charge on any atom is 0.341 e. The Morgan fingerprint density at radius 2 is 2.04 bits per heavy atom. The van der Waals surface area contributed by atoms with E-state index in [-0.39, 0.29) is 24.5 Å². The van der Waals surface area contributed by atoms with Gasteiger partial charge in [0.15, 0.2) is 0 Å². The molecule has 1 saturated heterocycles. The lowest BCUT2D eigenvalue weighted by atomic mass is 9.88. The molecule has 1 aliphatic heterocycles. The average molecular weight is 381 g/mol. The van der Waals surface area contributed by atoms with Crippen LogP contribution in [0.25, 0.3) is 0 Å². The molecule has 1 atom stereocenters. The van der Waals surface area contributed by atoms with Gasteiger partial charge in [-0.15, -0.1) is 11.3 Å². The van der Waals surface area contributed by atoms with Crippen LogP contribution in [-0.4, -0.2) is 54.2 Å². The third-order valence-corrected chi connectivity index (χ3v) is 6.34. The van der Waals surface area contributed by atoms with E-state index >= 15 is 0 Å². The molecule has 1 amide bonds. The number of amides is 1. The van der Waals surface area contributed by atoms with E-state index in [0.29, 0.717) is 35.9 Å². The summed E-state index contributed by atoms with van der Waals surface area (Å²) in [5.41, 5.74) is 1.61. The predicted octanol–water partition coefficient (Wildman–Crippen LogP) is 2.44. The fraction of sp³-hybridized carbons (Fsp3) is 0.684. The van der Waals surface area contributed by atoms with Crippen LogP contribution in [0.15, 0.2) is 0 Å². The van der Waals surface area contributed by atoms with E-state index in [1.807, 2.05) is 4.90 Å². The average Bonchev–Trinajstić information content (AvgIpc) is 2.93. The van der Waals surface area contributed by atoms with E-state index in [4.69, 9.17) is 4.74 Å². The molecule has 3 rings (SSSR count). The van der Waals surface area contributed by atoms with Crippen molar-refractivity contribution in [3.05, 3.63) is 16.0 Å². The molecular weight excluding hydrogens is 352 g/mol. The number of fused-ring (bicyclic) bond motifs is 1. The second-order valence-electron chi connectivity index (χ2n) is 7.33. The molecule has 7 heteroatoms. The summed E-state index contributed by atoms with van der Waals surface area (Å²) in [7, 11) is 0. The number of nitrogens with one attached hydrogen (secondary N) is 1. The third kappa shape index (κ3) is 4.45. The Morgan fingerprint density at radius 3 is 2.73 bits per heavy atom. The fourth-order valence-electron chi connectivity index (χ4n) is 3.70. The van der Waals surface area contributed by atoms with E-state index in [9.17, 15) is 14.7 Å². The lowest BCUT2D eigenvalue weighted by molar-refractivity contribution is -0.117. The number of piperidine rings is 1.